The van der Waals surface area contributed by atoms with Gasteiger partial charge in [0.25, 0.3) is 5.91 Å². The molecule has 1 saturated heterocycles. The Morgan fingerprint density at radius 3 is 2.59 bits per heavy atom. The van der Waals surface area contributed by atoms with E-state index in [0.29, 0.717) is 44.7 Å². The average Bonchev–Trinajstić information content (AvgIpc) is 3.34. The standard InChI is InChI=1S/C28H35F3N4O4/c1-2-39-18-23-15-22(34-21-9-11-27(38,12-10-21)24-8-3-4-13-32-24)17-35(23)25(36)16-33-26(37)19-6-5-7-20(14-19)28(29,30)31/h3-8,13-14,21-23,34,38H,2,9-12,15-18H2,1H3,(H,33,37)/t21?,22?,23-,27?/m0/s1. The number of likely N-dealkylation sites (tertiary alicyclic amines) is 1. The van der Waals surface area contributed by atoms with Crippen LogP contribution in [-0.2, 0) is 21.3 Å². The second-order valence-corrected chi connectivity index (χ2v) is 10.2. The first kappa shape index (κ1) is 29.0. The fourth-order valence-corrected chi connectivity index (χ4v) is 5.44. The van der Waals surface area contributed by atoms with Gasteiger partial charge >= 0.3 is 6.18 Å². The van der Waals surface area contributed by atoms with Gasteiger partial charge in [0.15, 0.2) is 0 Å². The second-order valence-electron chi connectivity index (χ2n) is 10.2. The lowest BCUT2D eigenvalue weighted by atomic mass is 9.79. The smallest absolute Gasteiger partial charge is 0.384 e. The van der Waals surface area contributed by atoms with Gasteiger partial charge in [-0.25, -0.2) is 0 Å². The van der Waals surface area contributed by atoms with Gasteiger partial charge in [0.2, 0.25) is 5.91 Å². The summed E-state index contributed by atoms with van der Waals surface area (Å²) in [5.41, 5.74) is -1.34. The summed E-state index contributed by atoms with van der Waals surface area (Å²) in [6.07, 6.45) is 0.492. The van der Waals surface area contributed by atoms with Crippen LogP contribution in [0.15, 0.2) is 48.7 Å². The van der Waals surface area contributed by atoms with Gasteiger partial charge in [0, 0.05) is 37.0 Å². The van der Waals surface area contributed by atoms with E-state index in [2.05, 4.69) is 15.6 Å². The lowest BCUT2D eigenvalue weighted by molar-refractivity contribution is -0.137. The number of aliphatic hydroxyl groups is 1. The molecule has 11 heteroatoms. The minimum Gasteiger partial charge on any atom is -0.384 e. The maximum Gasteiger partial charge on any atom is 0.416 e. The zero-order valence-corrected chi connectivity index (χ0v) is 21.9. The van der Waals surface area contributed by atoms with Crippen molar-refractivity contribution >= 4 is 11.8 Å². The number of benzene rings is 1. The van der Waals surface area contributed by atoms with Crippen molar-refractivity contribution in [1.82, 2.24) is 20.5 Å². The Hall–Kier alpha value is -3.02. The van der Waals surface area contributed by atoms with Gasteiger partial charge < -0.3 is 25.4 Å². The number of alkyl halides is 3. The third-order valence-corrected chi connectivity index (χ3v) is 7.53. The number of aromatic nitrogens is 1. The molecule has 1 saturated carbocycles. The van der Waals surface area contributed by atoms with Crippen molar-refractivity contribution in [3.8, 4) is 0 Å². The fraction of sp³-hybridized carbons (Fsp3) is 0.536. The van der Waals surface area contributed by atoms with Gasteiger partial charge in [-0.3, -0.25) is 14.6 Å². The van der Waals surface area contributed by atoms with Crippen LogP contribution >= 0.6 is 0 Å². The summed E-state index contributed by atoms with van der Waals surface area (Å²) in [6, 6.07) is 9.66. The highest BCUT2D eigenvalue weighted by atomic mass is 19.4. The molecule has 1 unspecified atom stereocenters. The van der Waals surface area contributed by atoms with Gasteiger partial charge in [-0.05, 0) is 69.4 Å². The largest absolute Gasteiger partial charge is 0.416 e. The Labute approximate surface area is 225 Å². The SMILES string of the molecule is CCOC[C@@H]1CC(NC2CCC(O)(c3ccccn3)CC2)CN1C(=O)CNC(=O)c1cccc(C(F)(F)F)c1. The monoisotopic (exact) mass is 548 g/mol. The van der Waals surface area contributed by atoms with Gasteiger partial charge in [-0.1, -0.05) is 12.1 Å². The quantitative estimate of drug-likeness (QED) is 0.445. The summed E-state index contributed by atoms with van der Waals surface area (Å²) in [5.74, 6) is -1.07. The van der Waals surface area contributed by atoms with Crippen LogP contribution in [-0.4, -0.2) is 71.2 Å². The van der Waals surface area contributed by atoms with Crippen molar-refractivity contribution in [3.05, 3.63) is 65.5 Å². The molecule has 2 amide bonds. The predicted molar refractivity (Wildman–Crippen MR) is 138 cm³/mol. The normalized spacial score (nSPS) is 25.5. The number of pyridine rings is 1. The van der Waals surface area contributed by atoms with E-state index >= 15 is 0 Å². The summed E-state index contributed by atoms with van der Waals surface area (Å²) in [4.78, 5) is 31.5. The lowest BCUT2D eigenvalue weighted by Gasteiger charge is -2.37. The van der Waals surface area contributed by atoms with Crippen molar-refractivity contribution in [3.63, 3.8) is 0 Å². The molecule has 2 heterocycles. The highest BCUT2D eigenvalue weighted by Crippen LogP contribution is 2.36. The van der Waals surface area contributed by atoms with Crippen LogP contribution in [0.3, 0.4) is 0 Å². The molecule has 1 aromatic heterocycles. The first-order valence-electron chi connectivity index (χ1n) is 13.3. The Bertz CT molecular complexity index is 1120. The average molecular weight is 549 g/mol. The van der Waals surface area contributed by atoms with E-state index in [1.54, 1.807) is 11.1 Å². The molecule has 1 aliphatic heterocycles. The van der Waals surface area contributed by atoms with Crippen molar-refractivity contribution in [1.29, 1.82) is 0 Å². The molecule has 0 radical (unpaired) electrons. The highest BCUT2D eigenvalue weighted by Gasteiger charge is 2.39. The second kappa shape index (κ2) is 12.4. The number of hydrogen-bond donors (Lipinski definition) is 3. The van der Waals surface area contributed by atoms with Gasteiger partial charge in [-0.2, -0.15) is 13.2 Å². The first-order valence-corrected chi connectivity index (χ1v) is 13.3. The van der Waals surface area contributed by atoms with Crippen molar-refractivity contribution in [2.45, 2.75) is 68.9 Å². The number of carbonyl (C=O) groups excluding carboxylic acids is 2. The molecule has 2 aliphatic rings. The van der Waals surface area contributed by atoms with Crippen LogP contribution in [0.4, 0.5) is 13.2 Å². The molecule has 2 atom stereocenters. The topological polar surface area (TPSA) is 104 Å². The van der Waals surface area contributed by atoms with E-state index in [0.717, 1.165) is 31.0 Å². The van der Waals surface area contributed by atoms with Crippen LogP contribution in [0.5, 0.6) is 0 Å². The number of halogens is 3. The number of rotatable bonds is 9. The van der Waals surface area contributed by atoms with Crippen LogP contribution in [0.2, 0.25) is 0 Å². The fourth-order valence-electron chi connectivity index (χ4n) is 5.44. The van der Waals surface area contributed by atoms with E-state index in [1.165, 1.54) is 6.07 Å². The molecule has 1 aromatic carbocycles. The van der Waals surface area contributed by atoms with Crippen molar-refractivity contribution in [2.24, 2.45) is 0 Å². The summed E-state index contributed by atoms with van der Waals surface area (Å²) in [5, 5.41) is 17.2. The lowest BCUT2D eigenvalue weighted by Crippen LogP contribution is -2.47. The van der Waals surface area contributed by atoms with Crippen molar-refractivity contribution in [2.75, 3.05) is 26.3 Å². The highest BCUT2D eigenvalue weighted by molar-refractivity contribution is 5.96. The number of hydrogen-bond acceptors (Lipinski definition) is 6. The maximum absolute atomic E-state index is 13.1. The Morgan fingerprint density at radius 1 is 1.15 bits per heavy atom. The van der Waals surface area contributed by atoms with Crippen LogP contribution in [0, 0.1) is 0 Å². The van der Waals surface area contributed by atoms with E-state index in [-0.39, 0.29) is 36.1 Å². The molecule has 4 rings (SSSR count). The first-order chi connectivity index (χ1) is 18.6. The summed E-state index contributed by atoms with van der Waals surface area (Å²) < 4.78 is 44.6. The Kier molecular flexibility index (Phi) is 9.24. The van der Waals surface area contributed by atoms with Crippen LogP contribution in [0.25, 0.3) is 0 Å². The molecule has 0 spiro atoms. The number of nitrogens with one attached hydrogen (secondary N) is 2. The van der Waals surface area contributed by atoms with Gasteiger partial charge in [-0.15, -0.1) is 0 Å². The van der Waals surface area contributed by atoms with E-state index in [9.17, 15) is 27.9 Å². The predicted octanol–water partition coefficient (Wildman–Crippen LogP) is 3.26. The molecular weight excluding hydrogens is 513 g/mol. The van der Waals surface area contributed by atoms with Crippen LogP contribution in [0.1, 0.15) is 60.6 Å². The van der Waals surface area contributed by atoms with Crippen molar-refractivity contribution < 1.29 is 32.6 Å². The van der Waals surface area contributed by atoms with E-state index < -0.39 is 23.2 Å². The third kappa shape index (κ3) is 7.34. The number of ether oxygens (including phenoxy) is 1. The minimum absolute atomic E-state index is 0.0182. The zero-order chi connectivity index (χ0) is 28.0. The molecule has 39 heavy (non-hydrogen) atoms. The molecular formula is C28H35F3N4O4. The summed E-state index contributed by atoms with van der Waals surface area (Å²) in [7, 11) is 0. The number of carbonyl (C=O) groups is 2. The molecule has 2 aromatic rings. The Morgan fingerprint density at radius 2 is 1.92 bits per heavy atom. The molecule has 8 nitrogen and oxygen atoms in total. The Balaban J connectivity index is 1.31. The summed E-state index contributed by atoms with van der Waals surface area (Å²) >= 11 is 0. The molecule has 3 N–H and O–H groups in total. The van der Waals surface area contributed by atoms with E-state index in [4.69, 9.17) is 4.74 Å². The van der Waals surface area contributed by atoms with Gasteiger partial charge in [0.05, 0.1) is 30.5 Å². The summed E-state index contributed by atoms with van der Waals surface area (Å²) in [6.45, 7) is 2.82. The van der Waals surface area contributed by atoms with E-state index in [1.807, 2.05) is 25.1 Å². The van der Waals surface area contributed by atoms with Crippen LogP contribution < -0.4 is 10.6 Å². The molecule has 0 bridgehead atoms. The third-order valence-electron chi connectivity index (χ3n) is 7.53. The minimum atomic E-state index is -4.56. The van der Waals surface area contributed by atoms with Gasteiger partial charge in [0.1, 0.15) is 5.60 Å². The molecule has 2 fully saturated rings. The zero-order valence-electron chi connectivity index (χ0n) is 21.9. The molecule has 212 valence electrons. The molecule has 1 aliphatic carbocycles. The maximum atomic E-state index is 13.1. The number of amides is 2. The number of nitrogens with zero attached hydrogens (tertiary/aromatic N) is 2.